The summed E-state index contributed by atoms with van der Waals surface area (Å²) in [6.07, 6.45) is 0.408. The zero-order valence-electron chi connectivity index (χ0n) is 7.50. The molecule has 3 fully saturated rings. The zero-order chi connectivity index (χ0) is 10.8. The molecular weight excluding hydrogens is 222 g/mol. The van der Waals surface area contributed by atoms with Crippen LogP contribution >= 0.6 is 11.8 Å². The van der Waals surface area contributed by atoms with Gasteiger partial charge in [0.15, 0.2) is 0 Å². The maximum Gasteiger partial charge on any atom is 0.371 e. The molecule has 15 heavy (non-hydrogen) atoms. The van der Waals surface area contributed by atoms with E-state index in [1.165, 1.54) is 16.7 Å². The van der Waals surface area contributed by atoms with Crippen molar-refractivity contribution in [2.24, 2.45) is 0 Å². The summed E-state index contributed by atoms with van der Waals surface area (Å²) in [4.78, 5) is 34.8. The number of carbonyl (C=O) groups is 3. The molecule has 1 N–H and O–H groups in total. The number of carboxylic acids is 1. The Hall–Kier alpha value is -1.24. The van der Waals surface area contributed by atoms with Gasteiger partial charge in [0, 0.05) is 0 Å². The third-order valence-corrected chi connectivity index (χ3v) is 4.46. The third kappa shape index (κ3) is 0.847. The quantitative estimate of drug-likeness (QED) is 0.477. The normalized spacial score (nSPS) is 42.0. The number of fused-ring (bicyclic) bond motifs is 3. The summed E-state index contributed by atoms with van der Waals surface area (Å²) in [6, 6.07) is 0. The van der Waals surface area contributed by atoms with E-state index in [1.54, 1.807) is 0 Å². The molecule has 0 aliphatic carbocycles. The van der Waals surface area contributed by atoms with Gasteiger partial charge in [0.1, 0.15) is 0 Å². The second-order valence-electron chi connectivity index (χ2n) is 3.73. The van der Waals surface area contributed by atoms with E-state index in [0.29, 0.717) is 6.42 Å². The van der Waals surface area contributed by atoms with Crippen molar-refractivity contribution in [3.05, 3.63) is 0 Å². The predicted molar refractivity (Wildman–Crippen MR) is 47.7 cm³/mol. The molecule has 6 nitrogen and oxygen atoms in total. The van der Waals surface area contributed by atoms with Crippen LogP contribution in [0.3, 0.4) is 0 Å². The summed E-state index contributed by atoms with van der Waals surface area (Å²) >= 11 is 1.34. The lowest BCUT2D eigenvalue weighted by atomic mass is 10.0. The highest BCUT2D eigenvalue weighted by molar-refractivity contribution is 8.01. The second kappa shape index (κ2) is 2.46. The Morgan fingerprint density at radius 1 is 1.53 bits per heavy atom. The highest BCUT2D eigenvalue weighted by Gasteiger charge is 2.71. The predicted octanol–water partition coefficient (Wildman–Crippen LogP) is -0.612. The van der Waals surface area contributed by atoms with Crippen LogP contribution in [0, 0.1) is 0 Å². The molecule has 3 saturated heterocycles. The minimum atomic E-state index is -1.72. The van der Waals surface area contributed by atoms with E-state index in [9.17, 15) is 14.4 Å². The minimum absolute atomic E-state index is 0.0667. The summed E-state index contributed by atoms with van der Waals surface area (Å²) in [5.41, 5.74) is -1.72. The Morgan fingerprint density at radius 2 is 2.27 bits per heavy atom. The topological polar surface area (TPSA) is 83.9 Å². The molecular formula is C8H7NO5S. The van der Waals surface area contributed by atoms with Crippen molar-refractivity contribution in [2.75, 3.05) is 0 Å². The van der Waals surface area contributed by atoms with Gasteiger partial charge < -0.3 is 9.84 Å². The average Bonchev–Trinajstić information content (AvgIpc) is 2.52. The van der Waals surface area contributed by atoms with Crippen molar-refractivity contribution in [3.8, 4) is 0 Å². The van der Waals surface area contributed by atoms with Crippen molar-refractivity contribution in [1.29, 1.82) is 0 Å². The molecule has 0 saturated carbocycles. The van der Waals surface area contributed by atoms with Gasteiger partial charge >= 0.3 is 11.9 Å². The molecule has 0 spiro atoms. The first-order valence-corrected chi connectivity index (χ1v) is 5.43. The number of thioether (sulfide) groups is 1. The summed E-state index contributed by atoms with van der Waals surface area (Å²) in [6.45, 7) is 0. The SMILES string of the molecule is O=C1CC2SC3CC(=O)N3C2(C(=O)O)O1. The third-order valence-electron chi connectivity index (χ3n) is 2.95. The fourth-order valence-corrected chi connectivity index (χ4v) is 3.98. The standard InChI is InChI=1S/C8H7NO5S/c10-4-2-5-9(4)8(7(12)13)3(15-5)1-6(11)14-8/h3,5H,1-2H2,(H,12,13). The second-order valence-corrected chi connectivity index (χ2v) is 5.11. The lowest BCUT2D eigenvalue weighted by Crippen LogP contribution is -2.64. The highest BCUT2D eigenvalue weighted by atomic mass is 32.2. The molecule has 80 valence electrons. The lowest BCUT2D eigenvalue weighted by molar-refractivity contribution is -0.201. The van der Waals surface area contributed by atoms with Gasteiger partial charge in [0.25, 0.3) is 5.72 Å². The van der Waals surface area contributed by atoms with Crippen LogP contribution in [0.2, 0.25) is 0 Å². The van der Waals surface area contributed by atoms with Crippen molar-refractivity contribution < 1.29 is 24.2 Å². The molecule has 3 unspecified atom stereocenters. The van der Waals surface area contributed by atoms with Crippen molar-refractivity contribution >= 4 is 29.6 Å². The Labute approximate surface area is 88.6 Å². The van der Waals surface area contributed by atoms with Crippen LogP contribution in [0.5, 0.6) is 0 Å². The molecule has 0 radical (unpaired) electrons. The number of carboxylic acid groups (broad SMARTS) is 1. The summed E-state index contributed by atoms with van der Waals surface area (Å²) < 4.78 is 4.88. The number of esters is 1. The van der Waals surface area contributed by atoms with Crippen LogP contribution in [-0.4, -0.2) is 44.2 Å². The molecule has 1 amide bonds. The smallest absolute Gasteiger partial charge is 0.371 e. The van der Waals surface area contributed by atoms with Gasteiger partial charge in [0.05, 0.1) is 23.5 Å². The number of ether oxygens (including phenoxy) is 1. The van der Waals surface area contributed by atoms with Gasteiger partial charge in [-0.25, -0.2) is 4.79 Å². The molecule has 0 aromatic rings. The summed E-state index contributed by atoms with van der Waals surface area (Å²) in [5, 5.41) is 8.56. The Balaban J connectivity index is 2.07. The minimum Gasteiger partial charge on any atom is -0.477 e. The number of aliphatic carboxylic acids is 1. The van der Waals surface area contributed by atoms with E-state index in [4.69, 9.17) is 9.84 Å². The van der Waals surface area contributed by atoms with Gasteiger partial charge in [-0.2, -0.15) is 0 Å². The van der Waals surface area contributed by atoms with Crippen LogP contribution in [0.4, 0.5) is 0 Å². The maximum absolute atomic E-state index is 11.3. The van der Waals surface area contributed by atoms with Gasteiger partial charge in [0.2, 0.25) is 5.91 Å². The van der Waals surface area contributed by atoms with Crippen LogP contribution in [0.1, 0.15) is 12.8 Å². The molecule has 0 aromatic heterocycles. The number of nitrogens with zero attached hydrogens (tertiary/aromatic N) is 1. The van der Waals surface area contributed by atoms with E-state index in [2.05, 4.69) is 0 Å². The first kappa shape index (κ1) is 9.02. The van der Waals surface area contributed by atoms with Crippen molar-refractivity contribution in [2.45, 2.75) is 29.2 Å². The Kier molecular flexibility index (Phi) is 1.48. The molecule has 3 aliphatic rings. The van der Waals surface area contributed by atoms with Gasteiger partial charge in [-0.1, -0.05) is 0 Å². The fraction of sp³-hybridized carbons (Fsp3) is 0.625. The van der Waals surface area contributed by atoms with Gasteiger partial charge in [-0.15, -0.1) is 11.8 Å². The summed E-state index contributed by atoms with van der Waals surface area (Å²) in [7, 11) is 0. The van der Waals surface area contributed by atoms with Crippen LogP contribution < -0.4 is 0 Å². The molecule has 0 bridgehead atoms. The number of hydrogen-bond acceptors (Lipinski definition) is 5. The van der Waals surface area contributed by atoms with Gasteiger partial charge in [-0.3, -0.25) is 14.5 Å². The summed E-state index contributed by atoms with van der Waals surface area (Å²) in [5.74, 6) is -2.05. The number of β-lactam (4-membered cyclic amide) rings is 1. The fourth-order valence-electron chi connectivity index (χ4n) is 2.28. The molecule has 7 heteroatoms. The largest absolute Gasteiger partial charge is 0.477 e. The number of hydrogen-bond donors (Lipinski definition) is 1. The van der Waals surface area contributed by atoms with E-state index in [-0.39, 0.29) is 17.7 Å². The van der Waals surface area contributed by atoms with Crippen molar-refractivity contribution in [3.63, 3.8) is 0 Å². The first-order chi connectivity index (χ1) is 7.05. The van der Waals surface area contributed by atoms with E-state index < -0.39 is 22.9 Å². The molecule has 3 rings (SSSR count). The van der Waals surface area contributed by atoms with E-state index >= 15 is 0 Å². The van der Waals surface area contributed by atoms with E-state index in [1.807, 2.05) is 0 Å². The Morgan fingerprint density at radius 3 is 2.87 bits per heavy atom. The molecule has 3 atom stereocenters. The molecule has 3 aliphatic heterocycles. The number of carbonyl (C=O) groups excluding carboxylic acids is 2. The van der Waals surface area contributed by atoms with Crippen LogP contribution in [-0.2, 0) is 19.1 Å². The monoisotopic (exact) mass is 229 g/mol. The van der Waals surface area contributed by atoms with Crippen LogP contribution in [0.15, 0.2) is 0 Å². The van der Waals surface area contributed by atoms with E-state index in [0.717, 1.165) is 0 Å². The number of rotatable bonds is 1. The van der Waals surface area contributed by atoms with Crippen LogP contribution in [0.25, 0.3) is 0 Å². The average molecular weight is 229 g/mol. The lowest BCUT2D eigenvalue weighted by Gasteiger charge is -2.40. The Bertz CT molecular complexity index is 396. The number of amides is 1. The highest BCUT2D eigenvalue weighted by Crippen LogP contribution is 2.54. The molecule has 3 heterocycles. The van der Waals surface area contributed by atoms with Crippen molar-refractivity contribution in [1.82, 2.24) is 4.90 Å². The molecule has 0 aromatic carbocycles. The zero-order valence-corrected chi connectivity index (χ0v) is 8.32. The van der Waals surface area contributed by atoms with Gasteiger partial charge in [-0.05, 0) is 0 Å². The first-order valence-electron chi connectivity index (χ1n) is 4.48. The maximum atomic E-state index is 11.3.